The summed E-state index contributed by atoms with van der Waals surface area (Å²) >= 11 is 0. The number of hydrogen-bond acceptors (Lipinski definition) is 6. The number of benzene rings is 2. The second-order valence-corrected chi connectivity index (χ2v) is 14.7. The van der Waals surface area contributed by atoms with E-state index in [9.17, 15) is 14.4 Å². The Kier molecular flexibility index (Phi) is 12.0. The number of carbonyl (C=O) groups is 3. The predicted octanol–water partition coefficient (Wildman–Crippen LogP) is 8.49. The van der Waals surface area contributed by atoms with E-state index in [4.69, 9.17) is 9.15 Å². The summed E-state index contributed by atoms with van der Waals surface area (Å²) in [4.78, 5) is 41.4. The SMILES string of the molecule is Cc1ccccc1N1CCCC(Cc2ccc(C(=O)NC3CCCC(CCC(=O)OC(C)(C)C)CC3)cc2NC(=O)c2ccco2)CC1. The van der Waals surface area contributed by atoms with E-state index < -0.39 is 5.60 Å². The van der Waals surface area contributed by atoms with Gasteiger partial charge in [-0.25, -0.2) is 0 Å². The summed E-state index contributed by atoms with van der Waals surface area (Å²) in [7, 11) is 0. The Morgan fingerprint density at radius 1 is 0.875 bits per heavy atom. The summed E-state index contributed by atoms with van der Waals surface area (Å²) in [6.07, 6.45) is 11.7. The quantitative estimate of drug-likeness (QED) is 0.168. The molecule has 1 saturated heterocycles. The molecular formula is C40H53N3O5. The number of furan rings is 1. The molecule has 1 aliphatic carbocycles. The van der Waals surface area contributed by atoms with Gasteiger partial charge in [-0.05, 0) is 132 Å². The molecule has 8 heteroatoms. The standard InChI is InChI=1S/C40H53N3O5/c1-28-10-5-6-14-35(28)43-23-8-12-30(22-24-43)26-31-18-19-32(27-34(31)42-39(46)36-15-9-25-47-36)38(45)41-33-13-7-11-29(16-20-33)17-21-37(44)48-40(2,3)4/h5-6,9-10,14-15,18-19,25,27,29-30,33H,7-8,11-13,16-17,20-24,26H2,1-4H3,(H,41,45)(H,42,46). The van der Waals surface area contributed by atoms with E-state index in [-0.39, 0.29) is 29.6 Å². The van der Waals surface area contributed by atoms with Crippen LogP contribution in [0.1, 0.15) is 117 Å². The molecule has 2 fully saturated rings. The summed E-state index contributed by atoms with van der Waals surface area (Å²) in [5.74, 6) is 0.557. The zero-order valence-corrected chi connectivity index (χ0v) is 29.2. The van der Waals surface area contributed by atoms with Gasteiger partial charge in [-0.1, -0.05) is 37.1 Å². The first-order chi connectivity index (χ1) is 23.0. The minimum absolute atomic E-state index is 0.0760. The molecule has 0 spiro atoms. The van der Waals surface area contributed by atoms with E-state index >= 15 is 0 Å². The zero-order valence-electron chi connectivity index (χ0n) is 29.2. The third-order valence-electron chi connectivity index (χ3n) is 9.78. The molecule has 3 unspecified atom stereocenters. The zero-order chi connectivity index (χ0) is 34.1. The summed E-state index contributed by atoms with van der Waals surface area (Å²) < 4.78 is 10.9. The Morgan fingerprint density at radius 2 is 1.69 bits per heavy atom. The lowest BCUT2D eigenvalue weighted by atomic mass is 9.91. The van der Waals surface area contributed by atoms with Crippen LogP contribution in [-0.2, 0) is 16.0 Å². The van der Waals surface area contributed by atoms with E-state index in [1.807, 2.05) is 39.0 Å². The van der Waals surface area contributed by atoms with Crippen molar-refractivity contribution in [2.75, 3.05) is 23.3 Å². The second-order valence-electron chi connectivity index (χ2n) is 14.7. The van der Waals surface area contributed by atoms with Crippen LogP contribution in [0.15, 0.2) is 65.3 Å². The Labute approximate surface area is 286 Å². The highest BCUT2D eigenvalue weighted by molar-refractivity contribution is 6.04. The van der Waals surface area contributed by atoms with Gasteiger partial charge in [-0.3, -0.25) is 14.4 Å². The highest BCUT2D eigenvalue weighted by atomic mass is 16.6. The van der Waals surface area contributed by atoms with Crippen molar-refractivity contribution in [3.63, 3.8) is 0 Å². The van der Waals surface area contributed by atoms with Gasteiger partial charge in [0, 0.05) is 42.5 Å². The third-order valence-corrected chi connectivity index (χ3v) is 9.78. The van der Waals surface area contributed by atoms with Gasteiger partial charge in [0.1, 0.15) is 5.60 Å². The van der Waals surface area contributed by atoms with Crippen LogP contribution in [-0.4, -0.2) is 42.5 Å². The average molecular weight is 656 g/mol. The lowest BCUT2D eigenvalue weighted by Gasteiger charge is -2.25. The highest BCUT2D eigenvalue weighted by Gasteiger charge is 2.25. The van der Waals surface area contributed by atoms with Crippen molar-refractivity contribution in [2.45, 2.75) is 110 Å². The lowest BCUT2D eigenvalue weighted by molar-refractivity contribution is -0.155. The molecule has 2 aliphatic rings. The molecule has 2 heterocycles. The van der Waals surface area contributed by atoms with Crippen molar-refractivity contribution in [2.24, 2.45) is 11.8 Å². The molecule has 258 valence electrons. The first kappa shape index (κ1) is 35.2. The Bertz CT molecular complexity index is 1530. The number of ether oxygens (including phenoxy) is 1. The van der Waals surface area contributed by atoms with Gasteiger partial charge >= 0.3 is 5.97 Å². The van der Waals surface area contributed by atoms with Crippen molar-refractivity contribution in [3.8, 4) is 0 Å². The molecule has 0 bridgehead atoms. The van der Waals surface area contributed by atoms with Gasteiger partial charge in [0.25, 0.3) is 11.8 Å². The maximum atomic E-state index is 13.6. The molecule has 3 atom stereocenters. The molecule has 1 saturated carbocycles. The van der Waals surface area contributed by atoms with Gasteiger partial charge in [-0.15, -0.1) is 0 Å². The molecule has 0 radical (unpaired) electrons. The molecule has 2 N–H and O–H groups in total. The summed E-state index contributed by atoms with van der Waals surface area (Å²) in [6.45, 7) is 9.88. The topological polar surface area (TPSA) is 101 Å². The molecule has 48 heavy (non-hydrogen) atoms. The van der Waals surface area contributed by atoms with Crippen LogP contribution in [0.4, 0.5) is 11.4 Å². The fourth-order valence-corrected chi connectivity index (χ4v) is 7.24. The number of nitrogens with zero attached hydrogens (tertiary/aromatic N) is 1. The maximum Gasteiger partial charge on any atom is 0.306 e. The summed E-state index contributed by atoms with van der Waals surface area (Å²) in [5.41, 5.74) is 4.37. The van der Waals surface area contributed by atoms with E-state index in [0.29, 0.717) is 29.5 Å². The number of aryl methyl sites for hydroxylation is 1. The number of carbonyl (C=O) groups excluding carboxylic acids is 3. The van der Waals surface area contributed by atoms with E-state index in [2.05, 4.69) is 46.7 Å². The van der Waals surface area contributed by atoms with Crippen LogP contribution in [0.5, 0.6) is 0 Å². The van der Waals surface area contributed by atoms with Crippen molar-refractivity contribution >= 4 is 29.2 Å². The molecular weight excluding hydrogens is 602 g/mol. The van der Waals surface area contributed by atoms with Crippen LogP contribution in [0, 0.1) is 18.8 Å². The highest BCUT2D eigenvalue weighted by Crippen LogP contribution is 2.31. The number of anilines is 2. The molecule has 5 rings (SSSR count). The minimum Gasteiger partial charge on any atom is -0.460 e. The first-order valence-corrected chi connectivity index (χ1v) is 17.8. The number of amides is 2. The van der Waals surface area contributed by atoms with Crippen molar-refractivity contribution < 1.29 is 23.5 Å². The fraction of sp³-hybridized carbons (Fsp3) is 0.525. The van der Waals surface area contributed by atoms with E-state index in [1.54, 1.807) is 12.1 Å². The molecule has 1 aromatic heterocycles. The van der Waals surface area contributed by atoms with Crippen LogP contribution in [0.2, 0.25) is 0 Å². The van der Waals surface area contributed by atoms with Crippen molar-refractivity contribution in [1.82, 2.24) is 5.32 Å². The Balaban J connectivity index is 1.22. The Hall–Kier alpha value is -4.07. The summed E-state index contributed by atoms with van der Waals surface area (Å²) in [5, 5.41) is 6.32. The minimum atomic E-state index is -0.464. The largest absolute Gasteiger partial charge is 0.460 e. The number of para-hydroxylation sites is 1. The predicted molar refractivity (Wildman–Crippen MR) is 190 cm³/mol. The molecule has 3 aromatic rings. The number of hydrogen-bond donors (Lipinski definition) is 2. The normalized spacial score (nSPS) is 20.3. The van der Waals surface area contributed by atoms with E-state index in [0.717, 1.165) is 82.9 Å². The van der Waals surface area contributed by atoms with Crippen molar-refractivity contribution in [3.05, 3.63) is 83.3 Å². The molecule has 2 amide bonds. The van der Waals surface area contributed by atoms with Gasteiger partial charge in [-0.2, -0.15) is 0 Å². The molecule has 8 nitrogen and oxygen atoms in total. The third kappa shape index (κ3) is 10.2. The van der Waals surface area contributed by atoms with Gasteiger partial charge in [0.2, 0.25) is 0 Å². The van der Waals surface area contributed by atoms with Crippen LogP contribution >= 0.6 is 0 Å². The summed E-state index contributed by atoms with van der Waals surface area (Å²) in [6, 6.07) is 17.7. The van der Waals surface area contributed by atoms with Gasteiger partial charge in [0.05, 0.1) is 6.26 Å². The fourth-order valence-electron chi connectivity index (χ4n) is 7.24. The average Bonchev–Trinajstić information content (AvgIpc) is 3.37. The van der Waals surface area contributed by atoms with Crippen LogP contribution in [0.3, 0.4) is 0 Å². The second kappa shape index (κ2) is 16.4. The van der Waals surface area contributed by atoms with Gasteiger partial charge in [0.15, 0.2) is 5.76 Å². The molecule has 2 aromatic carbocycles. The smallest absolute Gasteiger partial charge is 0.306 e. The number of esters is 1. The van der Waals surface area contributed by atoms with Gasteiger partial charge < -0.3 is 24.7 Å². The molecule has 1 aliphatic heterocycles. The maximum absolute atomic E-state index is 13.6. The van der Waals surface area contributed by atoms with Crippen LogP contribution < -0.4 is 15.5 Å². The monoisotopic (exact) mass is 655 g/mol. The first-order valence-electron chi connectivity index (χ1n) is 17.8. The Morgan fingerprint density at radius 3 is 2.46 bits per heavy atom. The number of rotatable bonds is 10. The number of nitrogens with one attached hydrogen (secondary N) is 2. The lowest BCUT2D eigenvalue weighted by Crippen LogP contribution is -2.34. The van der Waals surface area contributed by atoms with E-state index in [1.165, 1.54) is 17.5 Å². The van der Waals surface area contributed by atoms with Crippen LogP contribution in [0.25, 0.3) is 0 Å². The van der Waals surface area contributed by atoms with Crippen molar-refractivity contribution in [1.29, 1.82) is 0 Å².